The number of hydrogen-bond acceptors (Lipinski definition) is 11. The van der Waals surface area contributed by atoms with Crippen LogP contribution in [0.3, 0.4) is 0 Å². The smallest absolute Gasteiger partial charge is 0.412 e. The fraction of sp³-hybridized carbons (Fsp3) is 0.500. The van der Waals surface area contributed by atoms with Crippen LogP contribution in [0.5, 0.6) is 6.01 Å². The van der Waals surface area contributed by atoms with Crippen molar-refractivity contribution in [2.75, 3.05) is 43.0 Å². The third kappa shape index (κ3) is 7.28. The van der Waals surface area contributed by atoms with E-state index in [-0.39, 0.29) is 78.7 Å². The van der Waals surface area contributed by atoms with Crippen LogP contribution < -0.4 is 15.0 Å². The lowest BCUT2D eigenvalue weighted by Crippen LogP contribution is -2.57. The molecule has 0 radical (unpaired) electrons. The molecule has 8 rings (SSSR count). The van der Waals surface area contributed by atoms with Gasteiger partial charge in [0.15, 0.2) is 5.82 Å². The highest BCUT2D eigenvalue weighted by Crippen LogP contribution is 2.47. The summed E-state index contributed by atoms with van der Waals surface area (Å²) in [6, 6.07) is 5.84. The number of anilines is 2. The predicted octanol–water partition coefficient (Wildman–Crippen LogP) is 9.42. The van der Waals surface area contributed by atoms with Crippen LogP contribution in [0.25, 0.3) is 32.1 Å². The van der Waals surface area contributed by atoms with Gasteiger partial charge < -0.3 is 19.1 Å². The Hall–Kier alpha value is -4.78. The molecule has 2 amide bonds. The summed E-state index contributed by atoms with van der Waals surface area (Å²) >= 11 is 7.86. The number of rotatable bonds is 6. The zero-order valence-corrected chi connectivity index (χ0v) is 35.0. The van der Waals surface area contributed by atoms with E-state index in [1.807, 2.05) is 30.6 Å². The third-order valence-electron chi connectivity index (χ3n) is 11.2. The monoisotopic (exact) mass is 833 g/mol. The summed E-state index contributed by atoms with van der Waals surface area (Å²) in [4.78, 5) is 41.9. The molecule has 6 heterocycles. The summed E-state index contributed by atoms with van der Waals surface area (Å²) in [5.74, 6) is -1.07. The fourth-order valence-corrected chi connectivity index (χ4v) is 10.4. The first-order valence-electron chi connectivity index (χ1n) is 19.5. The lowest BCUT2D eigenvalue weighted by atomic mass is 9.94. The van der Waals surface area contributed by atoms with E-state index in [4.69, 9.17) is 30.8 Å². The number of piperazine rings is 1. The summed E-state index contributed by atoms with van der Waals surface area (Å²) in [5, 5.41) is 13.4. The molecule has 0 saturated carbocycles. The molecule has 2 aromatic heterocycles. The van der Waals surface area contributed by atoms with Crippen molar-refractivity contribution in [2.45, 2.75) is 102 Å². The van der Waals surface area contributed by atoms with Crippen molar-refractivity contribution in [3.8, 4) is 23.2 Å². The summed E-state index contributed by atoms with van der Waals surface area (Å²) in [7, 11) is 0. The number of hydrogen-bond donors (Lipinski definition) is 1. The normalized spacial score (nSPS) is 22.1. The van der Waals surface area contributed by atoms with Gasteiger partial charge >= 0.3 is 18.2 Å². The maximum atomic E-state index is 17.5. The average Bonchev–Trinajstić information content (AvgIpc) is 3.84. The second-order valence-electron chi connectivity index (χ2n) is 17.8. The van der Waals surface area contributed by atoms with E-state index in [9.17, 15) is 14.9 Å². The summed E-state index contributed by atoms with van der Waals surface area (Å²) in [5.41, 5.74) is -0.712. The highest BCUT2D eigenvalue weighted by molar-refractivity contribution is 7.23. The summed E-state index contributed by atoms with van der Waals surface area (Å²) in [6.07, 6.45) is 3.06. The highest BCUT2D eigenvalue weighted by atomic mass is 35.5. The van der Waals surface area contributed by atoms with Gasteiger partial charge in [0.05, 0.1) is 32.9 Å². The van der Waals surface area contributed by atoms with Crippen molar-refractivity contribution in [3.63, 3.8) is 0 Å². The van der Waals surface area contributed by atoms with Gasteiger partial charge in [0, 0.05) is 36.0 Å². The van der Waals surface area contributed by atoms with E-state index >= 15 is 8.78 Å². The molecule has 3 atom stereocenters. The average molecular weight is 834 g/mol. The topological polar surface area (TPSA) is 133 Å². The SMILES string of the molecule is C=C1CN2CCC[C@]2(COc2nc(N3CC4CCC(C3)N4C(=O)OC(C)(C)C)c3cc(Cl)c(-c4ccc(F)c5sc(NC(=O)OC(C)(C)C)c(C#N)c45)c(F)c3n2)C1. The van der Waals surface area contributed by atoms with Gasteiger partial charge in [-0.25, -0.2) is 18.4 Å². The highest BCUT2D eigenvalue weighted by Gasteiger charge is 2.47. The number of halogens is 3. The second kappa shape index (κ2) is 14.5. The Bertz CT molecular complexity index is 2410. The molecule has 4 fully saturated rings. The molecule has 1 N–H and O–H groups in total. The first-order valence-corrected chi connectivity index (χ1v) is 20.7. The number of thiophene rings is 1. The Morgan fingerprint density at radius 3 is 2.48 bits per heavy atom. The van der Waals surface area contributed by atoms with E-state index < -0.39 is 28.9 Å². The largest absolute Gasteiger partial charge is 0.461 e. The number of amides is 2. The maximum absolute atomic E-state index is 17.5. The second-order valence-corrected chi connectivity index (χ2v) is 19.2. The lowest BCUT2D eigenvalue weighted by molar-refractivity contribution is 0.0122. The predicted molar refractivity (Wildman–Crippen MR) is 220 cm³/mol. The minimum atomic E-state index is -0.831. The van der Waals surface area contributed by atoms with Gasteiger partial charge in [0.1, 0.15) is 46.0 Å². The van der Waals surface area contributed by atoms with Crippen LogP contribution in [0.15, 0.2) is 30.4 Å². The molecular weight excluding hydrogens is 788 g/mol. The van der Waals surface area contributed by atoms with Crippen molar-refractivity contribution in [1.29, 1.82) is 5.26 Å². The molecule has 4 saturated heterocycles. The van der Waals surface area contributed by atoms with Crippen molar-refractivity contribution < 1.29 is 32.6 Å². The summed E-state index contributed by atoms with van der Waals surface area (Å²) < 4.78 is 50.6. The van der Waals surface area contributed by atoms with E-state index in [2.05, 4.69) is 27.8 Å². The number of nitrogens with zero attached hydrogens (tertiary/aromatic N) is 6. The zero-order chi connectivity index (χ0) is 41.5. The first kappa shape index (κ1) is 40.0. The third-order valence-corrected chi connectivity index (χ3v) is 12.6. The van der Waals surface area contributed by atoms with Gasteiger partial charge in [-0.15, -0.1) is 11.3 Å². The molecule has 2 bridgehead atoms. The molecule has 58 heavy (non-hydrogen) atoms. The van der Waals surface area contributed by atoms with Gasteiger partial charge in [-0.3, -0.25) is 15.1 Å². The number of aromatic nitrogens is 2. The fourth-order valence-electron chi connectivity index (χ4n) is 9.02. The maximum Gasteiger partial charge on any atom is 0.412 e. The van der Waals surface area contributed by atoms with E-state index in [1.54, 1.807) is 26.8 Å². The molecule has 4 aliphatic heterocycles. The molecule has 4 aliphatic rings. The Morgan fingerprint density at radius 2 is 1.81 bits per heavy atom. The molecular formula is C42H46ClF2N7O5S. The van der Waals surface area contributed by atoms with E-state index in [1.165, 1.54) is 12.1 Å². The van der Waals surface area contributed by atoms with Crippen molar-refractivity contribution in [3.05, 3.63) is 52.6 Å². The molecule has 12 nitrogen and oxygen atoms in total. The van der Waals surface area contributed by atoms with Crippen molar-refractivity contribution in [1.82, 2.24) is 19.8 Å². The first-order chi connectivity index (χ1) is 27.3. The van der Waals surface area contributed by atoms with Gasteiger partial charge in [-0.05, 0) is 97.9 Å². The molecule has 2 aromatic carbocycles. The van der Waals surface area contributed by atoms with E-state index in [0.717, 1.165) is 62.1 Å². The Kier molecular flexibility index (Phi) is 10.0. The van der Waals surface area contributed by atoms with Crippen LogP contribution in [0.2, 0.25) is 5.02 Å². The minimum Gasteiger partial charge on any atom is -0.461 e. The molecule has 16 heteroatoms. The number of nitriles is 1. The number of fused-ring (bicyclic) bond motifs is 5. The van der Waals surface area contributed by atoms with Crippen LogP contribution in [0.1, 0.15) is 79.2 Å². The van der Waals surface area contributed by atoms with Crippen LogP contribution in [-0.4, -0.2) is 93.6 Å². The Morgan fingerprint density at radius 1 is 1.10 bits per heavy atom. The molecule has 306 valence electrons. The van der Waals surface area contributed by atoms with Gasteiger partial charge in [-0.1, -0.05) is 29.8 Å². The van der Waals surface area contributed by atoms with Gasteiger partial charge in [0.25, 0.3) is 0 Å². The van der Waals surface area contributed by atoms with Crippen molar-refractivity contribution in [2.24, 2.45) is 0 Å². The molecule has 2 unspecified atom stereocenters. The quantitative estimate of drug-likeness (QED) is 0.187. The van der Waals surface area contributed by atoms with Crippen LogP contribution in [0.4, 0.5) is 29.2 Å². The Labute approximate surface area is 344 Å². The minimum absolute atomic E-state index is 0.0170. The number of carbonyl (C=O) groups is 2. The van der Waals surface area contributed by atoms with Crippen LogP contribution in [-0.2, 0) is 9.47 Å². The standard InChI is InChI=1S/C42H46ClF2N7O5S/c1-22-16-42(13-8-14-51(42)18-22)21-55-37-47-33-26(35(48-37)50-19-23-9-10-24(20-50)52(23)39(54)57-41(5,6)7)15-28(43)31(32(33)45)25-11-12-29(44)34-30(25)27(17-46)36(58-34)49-38(53)56-40(2,3)4/h11-12,15,23-24H,1,8-10,13-14,16,18-21H2,2-7H3,(H,49,53)/t23?,24?,42-/m1/s1. The number of benzene rings is 2. The molecule has 4 aromatic rings. The van der Waals surface area contributed by atoms with Gasteiger partial charge in [0.2, 0.25) is 0 Å². The Balaban J connectivity index is 1.24. The van der Waals surface area contributed by atoms with Crippen LogP contribution >= 0.6 is 22.9 Å². The number of nitrogens with one attached hydrogen (secondary N) is 1. The molecule has 0 aliphatic carbocycles. The number of ether oxygens (including phenoxy) is 3. The zero-order valence-electron chi connectivity index (χ0n) is 33.4. The van der Waals surface area contributed by atoms with Crippen LogP contribution in [0, 0.1) is 23.0 Å². The van der Waals surface area contributed by atoms with Crippen molar-refractivity contribution >= 4 is 66.9 Å². The van der Waals surface area contributed by atoms with E-state index in [0.29, 0.717) is 24.3 Å². The lowest BCUT2D eigenvalue weighted by Gasteiger charge is -2.42. The number of carbonyl (C=O) groups excluding carboxylic acids is 2. The molecule has 0 spiro atoms. The summed E-state index contributed by atoms with van der Waals surface area (Å²) in [6.45, 7) is 17.7. The van der Waals surface area contributed by atoms with Gasteiger partial charge in [-0.2, -0.15) is 15.2 Å².